The van der Waals surface area contributed by atoms with Crippen LogP contribution in [0.4, 0.5) is 0 Å². The Balaban J connectivity index is 3.29. The number of nitrogens with two attached hydrogens (primary N) is 1. The molecule has 0 aliphatic rings. The lowest BCUT2D eigenvalue weighted by Gasteiger charge is -2.22. The topological polar surface area (TPSA) is 78.0 Å². The van der Waals surface area contributed by atoms with E-state index in [-0.39, 0.29) is 11.6 Å². The molecule has 0 aliphatic heterocycles. The minimum Gasteiger partial charge on any atom is -0.329 e. The van der Waals surface area contributed by atoms with Gasteiger partial charge in [0.1, 0.15) is 0 Å². The summed E-state index contributed by atoms with van der Waals surface area (Å²) in [4.78, 5) is 0. The molecule has 0 bridgehead atoms. The molecule has 1 rings (SSSR count). The van der Waals surface area contributed by atoms with E-state index in [2.05, 4.69) is 5.10 Å². The van der Waals surface area contributed by atoms with Crippen molar-refractivity contribution < 1.29 is 8.42 Å². The third-order valence-electron chi connectivity index (χ3n) is 2.47. The first-order valence-corrected chi connectivity index (χ1v) is 6.31. The maximum atomic E-state index is 12.2. The van der Waals surface area contributed by atoms with E-state index in [0.717, 1.165) is 0 Å². The van der Waals surface area contributed by atoms with Crippen molar-refractivity contribution in [1.82, 2.24) is 9.78 Å². The van der Waals surface area contributed by atoms with Gasteiger partial charge in [-0.2, -0.15) is 5.10 Å². The molecule has 86 valence electrons. The minimum absolute atomic E-state index is 0.0875. The summed E-state index contributed by atoms with van der Waals surface area (Å²) < 4.78 is 24.9. The lowest BCUT2D eigenvalue weighted by Crippen LogP contribution is -2.40. The predicted octanol–water partition coefficient (Wildman–Crippen LogP) is 0.414. The van der Waals surface area contributed by atoms with Crippen LogP contribution in [-0.4, -0.2) is 29.5 Å². The Morgan fingerprint density at radius 2 is 2.13 bits per heavy atom. The molecule has 2 N–H and O–H groups in total. The summed E-state index contributed by atoms with van der Waals surface area (Å²) in [6.45, 7) is 5.71. The Morgan fingerprint density at radius 3 is 2.60 bits per heavy atom. The average molecular weight is 231 g/mol. The summed E-state index contributed by atoms with van der Waals surface area (Å²) in [6.07, 6.45) is 1.49. The van der Waals surface area contributed by atoms with Crippen molar-refractivity contribution in [2.24, 2.45) is 5.73 Å². The molecule has 0 spiro atoms. The van der Waals surface area contributed by atoms with E-state index in [4.69, 9.17) is 5.73 Å². The van der Waals surface area contributed by atoms with E-state index in [9.17, 15) is 8.42 Å². The van der Waals surface area contributed by atoms with Crippen LogP contribution in [-0.2, 0) is 16.4 Å². The minimum atomic E-state index is -3.41. The maximum absolute atomic E-state index is 12.2. The highest BCUT2D eigenvalue weighted by Gasteiger charge is 2.36. The predicted molar refractivity (Wildman–Crippen MR) is 58.2 cm³/mol. The Morgan fingerprint density at radius 1 is 1.53 bits per heavy atom. The number of sulfone groups is 1. The van der Waals surface area contributed by atoms with Gasteiger partial charge in [0.15, 0.2) is 5.03 Å². The second-order valence-corrected chi connectivity index (χ2v) is 6.48. The molecule has 6 heteroatoms. The largest absolute Gasteiger partial charge is 0.329 e. The molecule has 1 heterocycles. The van der Waals surface area contributed by atoms with E-state index < -0.39 is 14.6 Å². The molecule has 0 radical (unpaired) electrons. The van der Waals surface area contributed by atoms with E-state index >= 15 is 0 Å². The van der Waals surface area contributed by atoms with Crippen LogP contribution in [0.3, 0.4) is 0 Å². The fourth-order valence-corrected chi connectivity index (χ4v) is 2.66. The van der Waals surface area contributed by atoms with Crippen LogP contribution < -0.4 is 5.73 Å². The van der Waals surface area contributed by atoms with E-state index in [1.54, 1.807) is 13.8 Å². The van der Waals surface area contributed by atoms with Gasteiger partial charge in [-0.25, -0.2) is 8.42 Å². The van der Waals surface area contributed by atoms with Gasteiger partial charge in [0.2, 0.25) is 9.84 Å². The van der Waals surface area contributed by atoms with Crippen molar-refractivity contribution in [3.8, 4) is 0 Å². The van der Waals surface area contributed by atoms with Crippen molar-refractivity contribution in [2.75, 3.05) is 6.54 Å². The van der Waals surface area contributed by atoms with E-state index in [1.165, 1.54) is 16.9 Å². The molecule has 5 nitrogen and oxygen atoms in total. The van der Waals surface area contributed by atoms with Gasteiger partial charge in [0, 0.05) is 13.1 Å². The van der Waals surface area contributed by atoms with Crippen LogP contribution in [0, 0.1) is 0 Å². The Labute approximate surface area is 90.2 Å². The number of rotatable bonds is 4. The van der Waals surface area contributed by atoms with Gasteiger partial charge in [-0.15, -0.1) is 0 Å². The molecule has 0 saturated carbocycles. The molecular formula is C9H17N3O2S. The molecule has 0 aliphatic carbocycles. The number of hydrogen-bond donors (Lipinski definition) is 1. The van der Waals surface area contributed by atoms with Gasteiger partial charge >= 0.3 is 0 Å². The molecule has 0 amide bonds. The number of aromatic nitrogens is 2. The maximum Gasteiger partial charge on any atom is 0.201 e. The molecule has 0 unspecified atom stereocenters. The standard InChI is InChI=1S/C9H17N3O2S/c1-4-12-8(5-6-11-12)15(13,14)9(2,3)7-10/h5-6H,4,7,10H2,1-3H3. The Bertz CT molecular complexity index is 434. The number of nitrogens with zero attached hydrogens (tertiary/aromatic N) is 2. The molecular weight excluding hydrogens is 214 g/mol. The first-order valence-electron chi connectivity index (χ1n) is 4.83. The van der Waals surface area contributed by atoms with Crippen LogP contribution in [0.15, 0.2) is 17.3 Å². The highest BCUT2D eigenvalue weighted by molar-refractivity contribution is 7.92. The third-order valence-corrected chi connectivity index (χ3v) is 4.99. The highest BCUT2D eigenvalue weighted by atomic mass is 32.2. The summed E-state index contributed by atoms with van der Waals surface area (Å²) in [5.41, 5.74) is 5.48. The molecule has 0 fully saturated rings. The zero-order valence-electron chi connectivity index (χ0n) is 9.27. The van der Waals surface area contributed by atoms with Crippen LogP contribution >= 0.6 is 0 Å². The second-order valence-electron chi connectivity index (χ2n) is 3.95. The quantitative estimate of drug-likeness (QED) is 0.814. The van der Waals surface area contributed by atoms with Gasteiger partial charge in [-0.3, -0.25) is 4.68 Å². The van der Waals surface area contributed by atoms with Crippen LogP contribution in [0.25, 0.3) is 0 Å². The van der Waals surface area contributed by atoms with Gasteiger partial charge in [-0.1, -0.05) is 0 Å². The van der Waals surface area contributed by atoms with Crippen molar-refractivity contribution in [2.45, 2.75) is 37.1 Å². The molecule has 1 aromatic heterocycles. The van der Waals surface area contributed by atoms with E-state index in [0.29, 0.717) is 6.54 Å². The third kappa shape index (κ3) is 1.91. The monoisotopic (exact) mass is 231 g/mol. The van der Waals surface area contributed by atoms with Crippen LogP contribution in [0.1, 0.15) is 20.8 Å². The average Bonchev–Trinajstić information content (AvgIpc) is 2.65. The van der Waals surface area contributed by atoms with Crippen LogP contribution in [0.5, 0.6) is 0 Å². The van der Waals surface area contributed by atoms with Gasteiger partial charge in [0.25, 0.3) is 0 Å². The fraction of sp³-hybridized carbons (Fsp3) is 0.667. The molecule has 0 atom stereocenters. The fourth-order valence-electron chi connectivity index (χ4n) is 1.18. The van der Waals surface area contributed by atoms with Crippen molar-refractivity contribution in [1.29, 1.82) is 0 Å². The number of aryl methyl sites for hydroxylation is 1. The molecule has 1 aromatic rings. The lowest BCUT2D eigenvalue weighted by atomic mass is 10.2. The summed E-state index contributed by atoms with van der Waals surface area (Å²) in [7, 11) is -3.41. The molecule has 0 saturated heterocycles. The highest BCUT2D eigenvalue weighted by Crippen LogP contribution is 2.23. The molecule has 15 heavy (non-hydrogen) atoms. The first kappa shape index (κ1) is 12.2. The van der Waals surface area contributed by atoms with E-state index in [1.807, 2.05) is 6.92 Å². The van der Waals surface area contributed by atoms with Crippen molar-refractivity contribution in [3.05, 3.63) is 12.3 Å². The smallest absolute Gasteiger partial charge is 0.201 e. The zero-order chi connectivity index (χ0) is 11.7. The van der Waals surface area contributed by atoms with Crippen LogP contribution in [0.2, 0.25) is 0 Å². The lowest BCUT2D eigenvalue weighted by molar-refractivity contribution is 0.521. The summed E-state index contributed by atoms with van der Waals surface area (Å²) in [5, 5.41) is 4.18. The van der Waals surface area contributed by atoms with Gasteiger partial charge in [-0.05, 0) is 26.8 Å². The van der Waals surface area contributed by atoms with Gasteiger partial charge in [0.05, 0.1) is 10.9 Å². The normalized spacial score (nSPS) is 13.1. The zero-order valence-corrected chi connectivity index (χ0v) is 10.1. The summed E-state index contributed by atoms with van der Waals surface area (Å²) in [6, 6.07) is 1.51. The first-order chi connectivity index (χ1) is 6.86. The second kappa shape index (κ2) is 3.94. The van der Waals surface area contributed by atoms with Crippen molar-refractivity contribution in [3.63, 3.8) is 0 Å². The van der Waals surface area contributed by atoms with Gasteiger partial charge < -0.3 is 5.73 Å². The Hall–Kier alpha value is -0.880. The Kier molecular flexibility index (Phi) is 3.20. The van der Waals surface area contributed by atoms with Crippen molar-refractivity contribution >= 4 is 9.84 Å². The number of hydrogen-bond acceptors (Lipinski definition) is 4. The SMILES string of the molecule is CCn1nccc1S(=O)(=O)C(C)(C)CN. The summed E-state index contributed by atoms with van der Waals surface area (Å²) >= 11 is 0. The summed E-state index contributed by atoms with van der Waals surface area (Å²) in [5.74, 6) is 0. The molecule has 0 aromatic carbocycles.